The van der Waals surface area contributed by atoms with Crippen LogP contribution in [0, 0.1) is 0 Å². The highest BCUT2D eigenvalue weighted by Crippen LogP contribution is 2.23. The summed E-state index contributed by atoms with van der Waals surface area (Å²) in [4.78, 5) is 8.78. The highest BCUT2D eigenvalue weighted by molar-refractivity contribution is 7.98. The summed E-state index contributed by atoms with van der Waals surface area (Å²) < 4.78 is 5.14. The minimum Gasteiger partial charge on any atom is -0.497 e. The molecule has 0 N–H and O–H groups in total. The number of thioether (sulfide) groups is 1. The molecule has 0 aliphatic rings. The SMILES string of the molecule is CCSCc1nc(Cl)cc(-c2ccc(OC)cc2)n1. The van der Waals surface area contributed by atoms with Crippen molar-refractivity contribution < 1.29 is 4.74 Å². The van der Waals surface area contributed by atoms with Crippen LogP contribution in [0.4, 0.5) is 0 Å². The fraction of sp³-hybridized carbons (Fsp3) is 0.286. The third-order valence-electron chi connectivity index (χ3n) is 2.56. The molecule has 19 heavy (non-hydrogen) atoms. The summed E-state index contributed by atoms with van der Waals surface area (Å²) in [6.07, 6.45) is 0. The van der Waals surface area contributed by atoms with Gasteiger partial charge in [0.25, 0.3) is 0 Å². The summed E-state index contributed by atoms with van der Waals surface area (Å²) in [5, 5.41) is 0.479. The van der Waals surface area contributed by atoms with E-state index in [1.165, 1.54) is 0 Å². The minimum absolute atomic E-state index is 0.479. The molecular formula is C14H15ClN2OS. The zero-order valence-corrected chi connectivity index (χ0v) is 12.5. The van der Waals surface area contributed by atoms with E-state index in [4.69, 9.17) is 16.3 Å². The van der Waals surface area contributed by atoms with Gasteiger partial charge < -0.3 is 4.74 Å². The molecule has 2 rings (SSSR count). The van der Waals surface area contributed by atoms with Crippen LogP contribution in [0.25, 0.3) is 11.3 Å². The molecule has 0 spiro atoms. The molecular weight excluding hydrogens is 280 g/mol. The topological polar surface area (TPSA) is 35.0 Å². The van der Waals surface area contributed by atoms with E-state index >= 15 is 0 Å². The Hall–Kier alpha value is -1.26. The number of hydrogen-bond acceptors (Lipinski definition) is 4. The number of hydrogen-bond donors (Lipinski definition) is 0. The summed E-state index contributed by atoms with van der Waals surface area (Å²) in [6.45, 7) is 2.11. The Kier molecular flexibility index (Phi) is 5.05. The molecule has 0 amide bonds. The summed E-state index contributed by atoms with van der Waals surface area (Å²) in [6, 6.07) is 9.53. The van der Waals surface area contributed by atoms with Crippen molar-refractivity contribution >= 4 is 23.4 Å². The van der Waals surface area contributed by atoms with E-state index in [2.05, 4.69) is 16.9 Å². The average Bonchev–Trinajstić information content (AvgIpc) is 2.44. The molecule has 0 fully saturated rings. The zero-order valence-electron chi connectivity index (χ0n) is 10.9. The second-order valence-electron chi connectivity index (χ2n) is 3.86. The van der Waals surface area contributed by atoms with Crippen LogP contribution < -0.4 is 4.74 Å². The standard InChI is InChI=1S/C14H15ClN2OS/c1-3-19-9-14-16-12(8-13(15)17-14)10-4-6-11(18-2)7-5-10/h4-8H,3,9H2,1-2H3. The van der Waals surface area contributed by atoms with Crippen LogP contribution >= 0.6 is 23.4 Å². The van der Waals surface area contributed by atoms with Gasteiger partial charge in [0, 0.05) is 11.6 Å². The van der Waals surface area contributed by atoms with Crippen molar-refractivity contribution in [2.75, 3.05) is 12.9 Å². The third-order valence-corrected chi connectivity index (χ3v) is 3.63. The first-order valence-corrected chi connectivity index (χ1v) is 7.52. The Morgan fingerprint density at radius 2 is 1.95 bits per heavy atom. The smallest absolute Gasteiger partial charge is 0.140 e. The Labute approximate surface area is 122 Å². The van der Waals surface area contributed by atoms with Crippen molar-refractivity contribution in [1.29, 1.82) is 0 Å². The predicted octanol–water partition coefficient (Wildman–Crippen LogP) is 4.06. The Balaban J connectivity index is 2.29. The predicted molar refractivity (Wildman–Crippen MR) is 80.9 cm³/mol. The Morgan fingerprint density at radius 3 is 2.58 bits per heavy atom. The quantitative estimate of drug-likeness (QED) is 0.779. The molecule has 0 radical (unpaired) electrons. The van der Waals surface area contributed by atoms with Crippen molar-refractivity contribution in [3.05, 3.63) is 41.3 Å². The fourth-order valence-corrected chi connectivity index (χ4v) is 2.35. The number of benzene rings is 1. The van der Waals surface area contributed by atoms with Gasteiger partial charge in [0.15, 0.2) is 0 Å². The van der Waals surface area contributed by atoms with E-state index in [9.17, 15) is 0 Å². The molecule has 5 heteroatoms. The first kappa shape index (κ1) is 14.2. The first-order chi connectivity index (χ1) is 9.22. The van der Waals surface area contributed by atoms with Gasteiger partial charge >= 0.3 is 0 Å². The van der Waals surface area contributed by atoms with Crippen LogP contribution in [0.3, 0.4) is 0 Å². The molecule has 0 saturated heterocycles. The summed E-state index contributed by atoms with van der Waals surface area (Å²) >= 11 is 7.83. The van der Waals surface area contributed by atoms with Crippen LogP contribution in [-0.4, -0.2) is 22.8 Å². The van der Waals surface area contributed by atoms with Gasteiger partial charge in [-0.25, -0.2) is 9.97 Å². The minimum atomic E-state index is 0.479. The lowest BCUT2D eigenvalue weighted by atomic mass is 10.1. The fourth-order valence-electron chi connectivity index (χ4n) is 1.63. The van der Waals surface area contributed by atoms with Gasteiger partial charge in [-0.2, -0.15) is 11.8 Å². The van der Waals surface area contributed by atoms with E-state index in [-0.39, 0.29) is 0 Å². The molecule has 0 bridgehead atoms. The van der Waals surface area contributed by atoms with E-state index in [1.54, 1.807) is 24.9 Å². The first-order valence-electron chi connectivity index (χ1n) is 5.98. The second kappa shape index (κ2) is 6.78. The number of rotatable bonds is 5. The van der Waals surface area contributed by atoms with Gasteiger partial charge in [-0.3, -0.25) is 0 Å². The Morgan fingerprint density at radius 1 is 1.21 bits per heavy atom. The number of halogens is 1. The van der Waals surface area contributed by atoms with E-state index in [1.807, 2.05) is 24.3 Å². The van der Waals surface area contributed by atoms with Gasteiger partial charge in [0.2, 0.25) is 0 Å². The maximum absolute atomic E-state index is 6.05. The average molecular weight is 295 g/mol. The van der Waals surface area contributed by atoms with Gasteiger partial charge in [0.1, 0.15) is 16.7 Å². The van der Waals surface area contributed by atoms with Gasteiger partial charge in [-0.1, -0.05) is 18.5 Å². The van der Waals surface area contributed by atoms with Crippen LogP contribution in [-0.2, 0) is 5.75 Å². The molecule has 0 aliphatic carbocycles. The van der Waals surface area contributed by atoms with Crippen molar-refractivity contribution in [1.82, 2.24) is 9.97 Å². The van der Waals surface area contributed by atoms with Gasteiger partial charge in [-0.15, -0.1) is 0 Å². The third kappa shape index (κ3) is 3.85. The van der Waals surface area contributed by atoms with Crippen LogP contribution in [0.15, 0.2) is 30.3 Å². The van der Waals surface area contributed by atoms with E-state index < -0.39 is 0 Å². The maximum atomic E-state index is 6.05. The number of ether oxygens (including phenoxy) is 1. The molecule has 0 unspecified atom stereocenters. The zero-order chi connectivity index (χ0) is 13.7. The summed E-state index contributed by atoms with van der Waals surface area (Å²) in [5.41, 5.74) is 1.85. The van der Waals surface area contributed by atoms with Gasteiger partial charge in [0.05, 0.1) is 18.6 Å². The second-order valence-corrected chi connectivity index (χ2v) is 5.52. The molecule has 1 aromatic carbocycles. The summed E-state index contributed by atoms with van der Waals surface area (Å²) in [5.74, 6) is 3.41. The molecule has 0 aliphatic heterocycles. The molecule has 0 atom stereocenters. The van der Waals surface area contributed by atoms with Crippen molar-refractivity contribution in [2.45, 2.75) is 12.7 Å². The lowest BCUT2D eigenvalue weighted by molar-refractivity contribution is 0.415. The van der Waals surface area contributed by atoms with Crippen molar-refractivity contribution in [2.24, 2.45) is 0 Å². The maximum Gasteiger partial charge on any atom is 0.140 e. The van der Waals surface area contributed by atoms with Crippen molar-refractivity contribution in [3.8, 4) is 17.0 Å². The Bertz CT molecular complexity index is 546. The van der Waals surface area contributed by atoms with E-state index in [0.717, 1.165) is 34.3 Å². The number of aromatic nitrogens is 2. The number of methoxy groups -OCH3 is 1. The number of nitrogens with zero attached hydrogens (tertiary/aromatic N) is 2. The molecule has 0 saturated carbocycles. The lowest BCUT2D eigenvalue weighted by Gasteiger charge is -2.06. The molecule has 3 nitrogen and oxygen atoms in total. The van der Waals surface area contributed by atoms with Crippen LogP contribution in [0.5, 0.6) is 5.75 Å². The highest BCUT2D eigenvalue weighted by Gasteiger charge is 2.06. The largest absolute Gasteiger partial charge is 0.497 e. The molecule has 100 valence electrons. The highest BCUT2D eigenvalue weighted by atomic mass is 35.5. The van der Waals surface area contributed by atoms with Crippen molar-refractivity contribution in [3.63, 3.8) is 0 Å². The lowest BCUT2D eigenvalue weighted by Crippen LogP contribution is -1.96. The molecule has 2 aromatic rings. The molecule has 1 heterocycles. The van der Waals surface area contributed by atoms with Gasteiger partial charge in [-0.05, 0) is 30.0 Å². The monoisotopic (exact) mass is 294 g/mol. The summed E-state index contributed by atoms with van der Waals surface area (Å²) in [7, 11) is 1.65. The normalized spacial score (nSPS) is 10.5. The molecule has 1 aromatic heterocycles. The van der Waals surface area contributed by atoms with Crippen LogP contribution in [0.2, 0.25) is 5.15 Å². The van der Waals surface area contributed by atoms with Crippen LogP contribution in [0.1, 0.15) is 12.7 Å². The van der Waals surface area contributed by atoms with E-state index in [0.29, 0.717) is 5.15 Å².